The van der Waals surface area contributed by atoms with Gasteiger partial charge in [-0.05, 0) is 19.1 Å². The molecule has 0 aromatic carbocycles. The van der Waals surface area contributed by atoms with Gasteiger partial charge in [-0.3, -0.25) is 9.00 Å². The van der Waals surface area contributed by atoms with Gasteiger partial charge in [-0.15, -0.1) is 0 Å². The van der Waals surface area contributed by atoms with E-state index in [0.29, 0.717) is 29.4 Å². The monoisotopic (exact) mass is 269 g/mol. The smallest absolute Gasteiger partial charge is 0.251 e. The second-order valence-electron chi connectivity index (χ2n) is 3.65. The highest BCUT2D eigenvalue weighted by atomic mass is 32.2. The summed E-state index contributed by atoms with van der Waals surface area (Å²) in [5, 5.41) is 5.79. The quantitative estimate of drug-likeness (QED) is 0.775. The Balaban J connectivity index is 2.50. The predicted octanol–water partition coefficient (Wildman–Crippen LogP) is 1.01. The Kier molecular flexibility index (Phi) is 6.35. The molecule has 1 amide bonds. The Morgan fingerprint density at radius 1 is 1.44 bits per heavy atom. The van der Waals surface area contributed by atoms with E-state index in [2.05, 4.69) is 15.6 Å². The van der Waals surface area contributed by atoms with Crippen molar-refractivity contribution in [3.05, 3.63) is 23.9 Å². The summed E-state index contributed by atoms with van der Waals surface area (Å²) in [6.45, 7) is 5.02. The van der Waals surface area contributed by atoms with Crippen molar-refractivity contribution in [2.24, 2.45) is 0 Å². The molecule has 1 unspecified atom stereocenters. The number of pyridine rings is 1. The van der Waals surface area contributed by atoms with Crippen molar-refractivity contribution in [1.82, 2.24) is 10.3 Å². The lowest BCUT2D eigenvalue weighted by Crippen LogP contribution is -2.28. The molecule has 1 aromatic heterocycles. The lowest BCUT2D eigenvalue weighted by Gasteiger charge is -2.06. The molecule has 18 heavy (non-hydrogen) atoms. The van der Waals surface area contributed by atoms with Gasteiger partial charge in [0.05, 0.1) is 0 Å². The van der Waals surface area contributed by atoms with Crippen LogP contribution in [0.4, 0.5) is 5.82 Å². The minimum Gasteiger partial charge on any atom is -0.370 e. The Morgan fingerprint density at radius 2 is 2.22 bits per heavy atom. The van der Waals surface area contributed by atoms with Crippen LogP contribution in [0.1, 0.15) is 24.2 Å². The number of amides is 1. The Hall–Kier alpha value is -1.43. The van der Waals surface area contributed by atoms with Crippen LogP contribution >= 0.6 is 0 Å². The molecule has 1 atom stereocenters. The first-order chi connectivity index (χ1) is 8.67. The maximum atomic E-state index is 11.8. The molecule has 0 fully saturated rings. The number of aromatic nitrogens is 1. The van der Waals surface area contributed by atoms with E-state index in [0.717, 1.165) is 6.54 Å². The number of anilines is 1. The molecule has 0 aliphatic carbocycles. The van der Waals surface area contributed by atoms with Crippen LogP contribution in [0.5, 0.6) is 0 Å². The third kappa shape index (κ3) is 4.83. The van der Waals surface area contributed by atoms with Crippen molar-refractivity contribution in [3.8, 4) is 0 Å². The fraction of sp³-hybridized carbons (Fsp3) is 0.500. The Bertz CT molecular complexity index is 424. The van der Waals surface area contributed by atoms with Crippen molar-refractivity contribution < 1.29 is 9.00 Å². The predicted molar refractivity (Wildman–Crippen MR) is 74.3 cm³/mol. The largest absolute Gasteiger partial charge is 0.370 e. The third-order valence-corrected chi connectivity index (χ3v) is 3.62. The highest BCUT2D eigenvalue weighted by Crippen LogP contribution is 2.06. The molecule has 0 bridgehead atoms. The number of carbonyl (C=O) groups excluding carboxylic acids is 1. The summed E-state index contributed by atoms with van der Waals surface area (Å²) in [5.74, 6) is 1.63. The average molecular weight is 269 g/mol. The van der Waals surface area contributed by atoms with Gasteiger partial charge in [-0.1, -0.05) is 6.92 Å². The van der Waals surface area contributed by atoms with E-state index in [1.807, 2.05) is 13.8 Å². The van der Waals surface area contributed by atoms with E-state index < -0.39 is 10.8 Å². The van der Waals surface area contributed by atoms with Gasteiger partial charge in [0.25, 0.3) is 5.91 Å². The van der Waals surface area contributed by atoms with Crippen LogP contribution in [0.15, 0.2) is 18.3 Å². The maximum Gasteiger partial charge on any atom is 0.251 e. The summed E-state index contributed by atoms with van der Waals surface area (Å²) in [6, 6.07) is 3.36. The molecule has 0 saturated heterocycles. The highest BCUT2D eigenvalue weighted by Gasteiger charge is 2.06. The van der Waals surface area contributed by atoms with Gasteiger partial charge in [0.15, 0.2) is 0 Å². The van der Waals surface area contributed by atoms with E-state index in [4.69, 9.17) is 0 Å². The van der Waals surface area contributed by atoms with Crippen molar-refractivity contribution in [1.29, 1.82) is 0 Å². The van der Waals surface area contributed by atoms with Gasteiger partial charge >= 0.3 is 0 Å². The number of carbonyl (C=O) groups is 1. The van der Waals surface area contributed by atoms with Crippen LogP contribution in [0.2, 0.25) is 0 Å². The summed E-state index contributed by atoms with van der Waals surface area (Å²) in [7, 11) is -0.847. The summed E-state index contributed by atoms with van der Waals surface area (Å²) in [4.78, 5) is 15.9. The second kappa shape index (κ2) is 7.81. The number of rotatable bonds is 7. The zero-order valence-electron chi connectivity index (χ0n) is 10.7. The zero-order chi connectivity index (χ0) is 13.4. The first-order valence-corrected chi connectivity index (χ1v) is 7.49. The van der Waals surface area contributed by atoms with Crippen molar-refractivity contribution >= 4 is 22.5 Å². The van der Waals surface area contributed by atoms with Crippen LogP contribution in [0, 0.1) is 0 Å². The van der Waals surface area contributed by atoms with E-state index in [9.17, 15) is 9.00 Å². The van der Waals surface area contributed by atoms with Crippen LogP contribution in [-0.4, -0.2) is 39.7 Å². The molecule has 0 aliphatic heterocycles. The van der Waals surface area contributed by atoms with Crippen molar-refractivity contribution in [2.75, 3.05) is 29.9 Å². The molecular formula is C12H19N3O2S. The molecule has 0 spiro atoms. The standard InChI is InChI=1S/C12H19N3O2S/c1-3-13-11-9-10(5-6-14-11)12(16)15-7-8-18(17)4-2/h5-6,9H,3-4,7-8H2,1-2H3,(H,13,14)(H,15,16). The van der Waals surface area contributed by atoms with Gasteiger partial charge in [0, 0.05) is 47.2 Å². The van der Waals surface area contributed by atoms with Gasteiger partial charge in [0.1, 0.15) is 5.82 Å². The Labute approximate surface area is 110 Å². The summed E-state index contributed by atoms with van der Waals surface area (Å²) >= 11 is 0. The minimum atomic E-state index is -0.847. The topological polar surface area (TPSA) is 71.1 Å². The van der Waals surface area contributed by atoms with Crippen molar-refractivity contribution in [3.63, 3.8) is 0 Å². The molecule has 2 N–H and O–H groups in total. The molecule has 1 aromatic rings. The fourth-order valence-corrected chi connectivity index (χ4v) is 1.99. The molecule has 0 saturated carbocycles. The van der Waals surface area contributed by atoms with Gasteiger partial charge < -0.3 is 10.6 Å². The molecular weight excluding hydrogens is 250 g/mol. The summed E-state index contributed by atoms with van der Waals surface area (Å²) in [6.07, 6.45) is 1.59. The van der Waals surface area contributed by atoms with Crippen LogP contribution in [0.25, 0.3) is 0 Å². The number of nitrogens with one attached hydrogen (secondary N) is 2. The molecule has 6 heteroatoms. The lowest BCUT2D eigenvalue weighted by atomic mass is 10.2. The molecule has 5 nitrogen and oxygen atoms in total. The van der Waals surface area contributed by atoms with Crippen LogP contribution in [-0.2, 0) is 10.8 Å². The van der Waals surface area contributed by atoms with E-state index >= 15 is 0 Å². The lowest BCUT2D eigenvalue weighted by molar-refractivity contribution is 0.0956. The van der Waals surface area contributed by atoms with Gasteiger partial charge in [-0.2, -0.15) is 0 Å². The average Bonchev–Trinajstić information content (AvgIpc) is 2.39. The SMILES string of the molecule is CCNc1cc(C(=O)NCCS(=O)CC)ccn1. The van der Waals surface area contributed by atoms with E-state index in [-0.39, 0.29) is 5.91 Å². The number of nitrogens with zero attached hydrogens (tertiary/aromatic N) is 1. The number of hydrogen-bond donors (Lipinski definition) is 2. The normalized spacial score (nSPS) is 11.9. The molecule has 1 heterocycles. The summed E-state index contributed by atoms with van der Waals surface area (Å²) < 4.78 is 11.2. The maximum absolute atomic E-state index is 11.8. The molecule has 100 valence electrons. The Morgan fingerprint density at radius 3 is 2.89 bits per heavy atom. The highest BCUT2D eigenvalue weighted by molar-refractivity contribution is 7.84. The third-order valence-electron chi connectivity index (χ3n) is 2.32. The first kappa shape index (κ1) is 14.6. The van der Waals surface area contributed by atoms with Crippen LogP contribution < -0.4 is 10.6 Å². The fourth-order valence-electron chi connectivity index (χ4n) is 1.37. The summed E-state index contributed by atoms with van der Waals surface area (Å²) in [5.41, 5.74) is 0.559. The van der Waals surface area contributed by atoms with E-state index in [1.165, 1.54) is 0 Å². The van der Waals surface area contributed by atoms with Gasteiger partial charge in [-0.25, -0.2) is 4.98 Å². The van der Waals surface area contributed by atoms with Gasteiger partial charge in [0.2, 0.25) is 0 Å². The second-order valence-corrected chi connectivity index (χ2v) is 5.51. The molecule has 0 aliphatic rings. The van der Waals surface area contributed by atoms with E-state index in [1.54, 1.807) is 18.3 Å². The zero-order valence-corrected chi connectivity index (χ0v) is 11.5. The van der Waals surface area contributed by atoms with Crippen LogP contribution in [0.3, 0.4) is 0 Å². The number of hydrogen-bond acceptors (Lipinski definition) is 4. The van der Waals surface area contributed by atoms with Crippen molar-refractivity contribution in [2.45, 2.75) is 13.8 Å². The molecule has 0 radical (unpaired) electrons. The minimum absolute atomic E-state index is 0.162. The molecule has 1 rings (SSSR count). The first-order valence-electron chi connectivity index (χ1n) is 6.00.